The van der Waals surface area contributed by atoms with Crippen molar-refractivity contribution in [3.05, 3.63) is 83.2 Å². The minimum Gasteiger partial charge on any atom is -0.341 e. The fourth-order valence-electron chi connectivity index (χ4n) is 5.01. The first-order valence-electron chi connectivity index (χ1n) is 13.0. The molecule has 0 spiro atoms. The first-order valence-corrected chi connectivity index (χ1v) is 13.9. The number of carbonyl (C=O) groups excluding carboxylic acids is 2. The van der Waals surface area contributed by atoms with Crippen molar-refractivity contribution < 1.29 is 14.0 Å². The van der Waals surface area contributed by atoms with Gasteiger partial charge in [-0.15, -0.1) is 0 Å². The van der Waals surface area contributed by atoms with Gasteiger partial charge in [-0.3, -0.25) is 24.9 Å². The molecule has 9 nitrogen and oxygen atoms in total. The molecule has 0 radical (unpaired) electrons. The van der Waals surface area contributed by atoms with Crippen molar-refractivity contribution in [2.24, 2.45) is 5.92 Å². The lowest BCUT2D eigenvalue weighted by Gasteiger charge is -2.32. The molecule has 11 heteroatoms. The molecule has 2 aliphatic heterocycles. The highest BCUT2D eigenvalue weighted by molar-refractivity contribution is 8.18. The van der Waals surface area contributed by atoms with Crippen LogP contribution in [0.3, 0.4) is 0 Å². The Kier molecular flexibility index (Phi) is 7.47. The molecule has 2 aliphatic rings. The Morgan fingerprint density at radius 3 is 2.80 bits per heavy atom. The number of amides is 2. The Balaban J connectivity index is 1.04. The van der Waals surface area contributed by atoms with E-state index in [9.17, 15) is 14.0 Å². The van der Waals surface area contributed by atoms with Gasteiger partial charge in [0.1, 0.15) is 5.82 Å². The summed E-state index contributed by atoms with van der Waals surface area (Å²) in [5, 5.41) is 7.36. The first-order chi connectivity index (χ1) is 19.5. The van der Waals surface area contributed by atoms with Crippen molar-refractivity contribution in [3.8, 4) is 11.3 Å². The molecule has 5 heterocycles. The SMILES string of the molecule is O=C1NC(=O)C(=Cc2ccnc(N3CCC(CNCc4cc(-c5cccc6cnccc56)ncc4F)CC3)n2)S1. The molecule has 0 unspecified atom stereocenters. The van der Waals surface area contributed by atoms with Crippen molar-refractivity contribution in [1.82, 2.24) is 30.6 Å². The third kappa shape index (κ3) is 5.70. The second-order valence-corrected chi connectivity index (χ2v) is 10.8. The molecule has 0 bridgehead atoms. The van der Waals surface area contributed by atoms with E-state index in [0.717, 1.165) is 66.3 Å². The predicted molar refractivity (Wildman–Crippen MR) is 153 cm³/mol. The standard InChI is InChI=1S/C29H26FN7O2S/c30-24-17-34-25(23-3-1-2-19-15-31-8-5-22(19)23)12-20(24)16-32-14-18-6-10-37(11-7-18)28-33-9-4-21(35-28)13-26-27(38)36-29(39)40-26/h1-5,8-9,12-13,15,17-18,32H,6-7,10-11,14,16H2,(H,36,38,39). The number of benzene rings is 1. The Labute approximate surface area is 234 Å². The molecule has 202 valence electrons. The average molecular weight is 556 g/mol. The van der Waals surface area contributed by atoms with Crippen LogP contribution < -0.4 is 15.5 Å². The minimum absolute atomic E-state index is 0.321. The van der Waals surface area contributed by atoms with E-state index < -0.39 is 5.91 Å². The summed E-state index contributed by atoms with van der Waals surface area (Å²) in [5.74, 6) is 0.322. The number of nitrogens with zero attached hydrogens (tertiary/aromatic N) is 5. The van der Waals surface area contributed by atoms with Crippen molar-refractivity contribution in [3.63, 3.8) is 0 Å². The van der Waals surface area contributed by atoms with E-state index in [0.29, 0.717) is 34.6 Å². The Morgan fingerprint density at radius 1 is 1.10 bits per heavy atom. The van der Waals surface area contributed by atoms with E-state index >= 15 is 0 Å². The summed E-state index contributed by atoms with van der Waals surface area (Å²) in [6, 6.07) is 11.4. The van der Waals surface area contributed by atoms with Gasteiger partial charge in [0.05, 0.1) is 22.5 Å². The summed E-state index contributed by atoms with van der Waals surface area (Å²) in [7, 11) is 0. The van der Waals surface area contributed by atoms with Crippen molar-refractivity contribution in [2.75, 3.05) is 24.5 Å². The summed E-state index contributed by atoms with van der Waals surface area (Å²) >= 11 is 0.868. The van der Waals surface area contributed by atoms with E-state index in [1.807, 2.05) is 36.5 Å². The van der Waals surface area contributed by atoms with Gasteiger partial charge < -0.3 is 10.2 Å². The molecule has 3 aromatic heterocycles. The summed E-state index contributed by atoms with van der Waals surface area (Å²) in [5.41, 5.74) is 2.86. The van der Waals surface area contributed by atoms with Crippen LogP contribution in [0.15, 0.2) is 66.1 Å². The van der Waals surface area contributed by atoms with Crippen LogP contribution in [0.4, 0.5) is 15.1 Å². The zero-order valence-corrected chi connectivity index (χ0v) is 22.3. The fraction of sp³-hybridized carbons (Fsp3) is 0.241. The highest BCUT2D eigenvalue weighted by atomic mass is 32.2. The number of carbonyl (C=O) groups is 2. The maximum absolute atomic E-state index is 14.6. The number of anilines is 1. The largest absolute Gasteiger partial charge is 0.341 e. The van der Waals surface area contributed by atoms with E-state index in [1.54, 1.807) is 24.5 Å². The second-order valence-electron chi connectivity index (χ2n) is 9.76. The number of piperidine rings is 1. The summed E-state index contributed by atoms with van der Waals surface area (Å²) < 4.78 is 14.6. The van der Waals surface area contributed by atoms with Gasteiger partial charge in [-0.1, -0.05) is 18.2 Å². The molecule has 2 amide bonds. The minimum atomic E-state index is -0.405. The molecule has 1 aromatic carbocycles. The Morgan fingerprint density at radius 2 is 1.98 bits per heavy atom. The number of nitrogens with one attached hydrogen (secondary N) is 2. The molecule has 2 N–H and O–H groups in total. The van der Waals surface area contributed by atoms with E-state index in [2.05, 4.69) is 35.5 Å². The van der Waals surface area contributed by atoms with E-state index in [4.69, 9.17) is 0 Å². The highest BCUT2D eigenvalue weighted by Gasteiger charge is 2.26. The van der Waals surface area contributed by atoms with Crippen molar-refractivity contribution in [1.29, 1.82) is 0 Å². The van der Waals surface area contributed by atoms with Crippen LogP contribution in [0, 0.1) is 11.7 Å². The number of pyridine rings is 2. The fourth-order valence-corrected chi connectivity index (χ4v) is 5.67. The Hall–Kier alpha value is -4.22. The molecule has 0 saturated carbocycles. The van der Waals surface area contributed by atoms with E-state index in [-0.39, 0.29) is 11.1 Å². The van der Waals surface area contributed by atoms with Crippen molar-refractivity contribution >= 4 is 45.7 Å². The number of imide groups is 1. The van der Waals surface area contributed by atoms with Crippen LogP contribution >= 0.6 is 11.8 Å². The number of hydrogen-bond donors (Lipinski definition) is 2. The number of fused-ring (bicyclic) bond motifs is 1. The number of thioether (sulfide) groups is 1. The van der Waals surface area contributed by atoms with Gasteiger partial charge in [0.15, 0.2) is 0 Å². The molecule has 2 saturated heterocycles. The normalized spacial score (nSPS) is 17.1. The molecule has 2 fully saturated rings. The zero-order chi connectivity index (χ0) is 27.5. The first kappa shape index (κ1) is 26.0. The van der Waals surface area contributed by atoms with Crippen LogP contribution in [0.2, 0.25) is 0 Å². The number of rotatable bonds is 7. The lowest BCUT2D eigenvalue weighted by molar-refractivity contribution is -0.115. The second kappa shape index (κ2) is 11.5. The van der Waals surface area contributed by atoms with Gasteiger partial charge in [0.25, 0.3) is 11.1 Å². The van der Waals surface area contributed by atoms with Gasteiger partial charge >= 0.3 is 0 Å². The van der Waals surface area contributed by atoms with E-state index in [1.165, 1.54) is 6.20 Å². The van der Waals surface area contributed by atoms with Crippen LogP contribution in [-0.2, 0) is 11.3 Å². The number of aromatic nitrogens is 4. The average Bonchev–Trinajstić information content (AvgIpc) is 3.30. The molecule has 40 heavy (non-hydrogen) atoms. The molecule has 6 rings (SSSR count). The predicted octanol–water partition coefficient (Wildman–Crippen LogP) is 4.56. The van der Waals surface area contributed by atoms with Crippen LogP contribution in [0.5, 0.6) is 0 Å². The molecule has 4 aromatic rings. The smallest absolute Gasteiger partial charge is 0.290 e. The number of hydrogen-bond acceptors (Lipinski definition) is 9. The monoisotopic (exact) mass is 555 g/mol. The third-order valence-corrected chi connectivity index (χ3v) is 7.93. The van der Waals surface area contributed by atoms with Gasteiger partial charge in [0.2, 0.25) is 5.95 Å². The van der Waals surface area contributed by atoms with Gasteiger partial charge in [0, 0.05) is 54.7 Å². The zero-order valence-electron chi connectivity index (χ0n) is 21.5. The topological polar surface area (TPSA) is 113 Å². The summed E-state index contributed by atoms with van der Waals surface area (Å²) in [6.07, 6.45) is 10.0. The maximum atomic E-state index is 14.6. The van der Waals surface area contributed by atoms with Crippen LogP contribution in [0.1, 0.15) is 24.1 Å². The highest BCUT2D eigenvalue weighted by Crippen LogP contribution is 2.28. The van der Waals surface area contributed by atoms with Gasteiger partial charge in [-0.05, 0) is 66.7 Å². The molecule has 0 atom stereocenters. The molecular weight excluding hydrogens is 529 g/mol. The van der Waals surface area contributed by atoms with Gasteiger partial charge in [-0.2, -0.15) is 0 Å². The van der Waals surface area contributed by atoms with Crippen LogP contribution in [-0.4, -0.2) is 50.7 Å². The summed E-state index contributed by atoms with van der Waals surface area (Å²) in [6.45, 7) is 2.79. The maximum Gasteiger partial charge on any atom is 0.290 e. The molecular formula is C29H26FN7O2S. The van der Waals surface area contributed by atoms with Crippen molar-refractivity contribution in [2.45, 2.75) is 19.4 Å². The Bertz CT molecular complexity index is 1620. The molecule has 0 aliphatic carbocycles. The lowest BCUT2D eigenvalue weighted by Crippen LogP contribution is -2.38. The van der Waals surface area contributed by atoms with Gasteiger partial charge in [-0.25, -0.2) is 14.4 Å². The summed E-state index contributed by atoms with van der Waals surface area (Å²) in [4.78, 5) is 43.2. The van der Waals surface area contributed by atoms with Crippen LogP contribution in [0.25, 0.3) is 28.1 Å². The lowest BCUT2D eigenvalue weighted by atomic mass is 9.97. The third-order valence-electron chi connectivity index (χ3n) is 7.12. The quantitative estimate of drug-likeness (QED) is 0.317. The number of halogens is 1.